The lowest BCUT2D eigenvalue weighted by Crippen LogP contribution is -2.52. The molecule has 55 heavy (non-hydrogen) atoms. The maximum atomic E-state index is 12.9. The third-order valence-electron chi connectivity index (χ3n) is 9.44. The van der Waals surface area contributed by atoms with Crippen LogP contribution in [-0.2, 0) is 35.2 Å². The number of ketones is 2. The fourth-order valence-electron chi connectivity index (χ4n) is 6.31. The maximum absolute atomic E-state index is 12.9. The van der Waals surface area contributed by atoms with Crippen LogP contribution in [0.5, 0.6) is 0 Å². The van der Waals surface area contributed by atoms with Gasteiger partial charge in [-0.1, -0.05) is 12.8 Å². The Labute approximate surface area is 319 Å². The number of carbonyl (C=O) groups excluding carboxylic acids is 6. The standard InChI is InChI=1S/C36H53BN8O10/c1-23(35(51)45-17-7-11-31(45)37(54)55)41-34(50)24-13-15-26(16-14-24)43-44-32(48)12-6-5-10-28(46)9-4-2-3-8-25(36(52)53)18-30(47)29(42-33(49)20-38)19-27-21-39-22-40-27/h13-16,21-23,25,29,31,43,54-55H,2-12,17-20,38H2,1H3,(H,39,40)(H,41,50)(H,42,49)(H,44,48)(H,52,53)/t23-,25-,29+,31+/m1/s1. The van der Waals surface area contributed by atoms with E-state index in [9.17, 15) is 48.7 Å². The molecule has 0 aliphatic carbocycles. The Morgan fingerprint density at radius 3 is 2.29 bits per heavy atom. The molecule has 1 aromatic carbocycles. The highest BCUT2D eigenvalue weighted by molar-refractivity contribution is 6.43. The van der Waals surface area contributed by atoms with E-state index in [2.05, 4.69) is 31.5 Å². The van der Waals surface area contributed by atoms with Crippen molar-refractivity contribution in [3.05, 3.63) is 48.0 Å². The molecule has 4 atom stereocenters. The highest BCUT2D eigenvalue weighted by Crippen LogP contribution is 2.20. The average molecular weight is 769 g/mol. The van der Waals surface area contributed by atoms with Crippen molar-refractivity contribution in [3.63, 3.8) is 0 Å². The second kappa shape index (κ2) is 22.9. The van der Waals surface area contributed by atoms with Gasteiger partial charge < -0.3 is 41.4 Å². The number of hydrogen-bond donors (Lipinski definition) is 9. The number of benzene rings is 1. The maximum Gasteiger partial charge on any atom is 0.475 e. The van der Waals surface area contributed by atoms with E-state index in [0.717, 1.165) is 0 Å². The van der Waals surface area contributed by atoms with E-state index in [1.807, 2.05) is 0 Å². The molecule has 0 unspecified atom stereocenters. The van der Waals surface area contributed by atoms with Crippen molar-refractivity contribution in [1.82, 2.24) is 30.9 Å². The van der Waals surface area contributed by atoms with Gasteiger partial charge in [0.15, 0.2) is 5.78 Å². The van der Waals surface area contributed by atoms with Crippen LogP contribution >= 0.6 is 0 Å². The molecule has 10 N–H and O–H groups in total. The first-order valence-corrected chi connectivity index (χ1v) is 18.6. The molecular formula is C36H53BN8O10. The molecule has 0 saturated carbocycles. The number of unbranched alkanes of at least 4 members (excludes halogenated alkanes) is 3. The number of rotatable bonds is 25. The topological polar surface area (TPSA) is 286 Å². The molecule has 19 heteroatoms. The van der Waals surface area contributed by atoms with Gasteiger partial charge in [0.05, 0.1) is 36.5 Å². The number of carboxylic acid groups (broad SMARTS) is 1. The van der Waals surface area contributed by atoms with Crippen LogP contribution < -0.4 is 27.2 Å². The van der Waals surface area contributed by atoms with Gasteiger partial charge in [0, 0.05) is 56.1 Å². The summed E-state index contributed by atoms with van der Waals surface area (Å²) in [5.41, 5.74) is 12.1. The number of imidazole rings is 1. The molecular weight excluding hydrogens is 715 g/mol. The number of aliphatic carboxylic acids is 1. The number of nitrogens with one attached hydrogen (secondary N) is 5. The summed E-state index contributed by atoms with van der Waals surface area (Å²) in [5, 5.41) is 33.9. The van der Waals surface area contributed by atoms with Crippen LogP contribution in [0.3, 0.4) is 0 Å². The molecule has 1 aliphatic rings. The minimum absolute atomic E-state index is 0.0490. The van der Waals surface area contributed by atoms with Crippen LogP contribution in [0.2, 0.25) is 0 Å². The number of hydrogen-bond acceptors (Lipinski definition) is 12. The number of amides is 4. The van der Waals surface area contributed by atoms with Crippen LogP contribution in [0.15, 0.2) is 36.8 Å². The molecule has 2 aromatic rings. The number of nitrogens with zero attached hydrogens (tertiary/aromatic N) is 2. The van der Waals surface area contributed by atoms with Crippen LogP contribution in [0.25, 0.3) is 0 Å². The number of anilines is 1. The van der Waals surface area contributed by atoms with Gasteiger partial charge >= 0.3 is 13.1 Å². The summed E-state index contributed by atoms with van der Waals surface area (Å²) in [6, 6.07) is 4.43. The van der Waals surface area contributed by atoms with E-state index in [0.29, 0.717) is 81.3 Å². The molecule has 0 radical (unpaired) electrons. The van der Waals surface area contributed by atoms with Gasteiger partial charge in [0.25, 0.3) is 5.91 Å². The Bertz CT molecular complexity index is 1590. The van der Waals surface area contributed by atoms with Crippen LogP contribution in [0, 0.1) is 5.92 Å². The summed E-state index contributed by atoms with van der Waals surface area (Å²) in [7, 11) is -1.64. The lowest BCUT2D eigenvalue weighted by molar-refractivity contribution is -0.144. The summed E-state index contributed by atoms with van der Waals surface area (Å²) in [5.74, 6) is -4.78. The molecule has 4 amide bonds. The van der Waals surface area contributed by atoms with Gasteiger partial charge in [0.2, 0.25) is 17.7 Å². The van der Waals surface area contributed by atoms with Crippen molar-refractivity contribution in [3.8, 4) is 0 Å². The second-order valence-corrected chi connectivity index (χ2v) is 13.8. The first-order chi connectivity index (χ1) is 26.3. The molecule has 300 valence electrons. The zero-order chi connectivity index (χ0) is 40.3. The minimum atomic E-state index is -1.64. The smallest absolute Gasteiger partial charge is 0.475 e. The first kappa shape index (κ1) is 44.3. The predicted molar refractivity (Wildman–Crippen MR) is 201 cm³/mol. The quantitative estimate of drug-likeness (QED) is 0.0376. The Morgan fingerprint density at radius 1 is 0.964 bits per heavy atom. The largest absolute Gasteiger partial charge is 0.481 e. The monoisotopic (exact) mass is 768 g/mol. The average Bonchev–Trinajstić information content (AvgIpc) is 3.87. The Morgan fingerprint density at radius 2 is 1.65 bits per heavy atom. The van der Waals surface area contributed by atoms with Gasteiger partial charge in [-0.3, -0.25) is 44.4 Å². The lowest BCUT2D eigenvalue weighted by Gasteiger charge is -2.27. The van der Waals surface area contributed by atoms with Crippen molar-refractivity contribution in [1.29, 1.82) is 0 Å². The van der Waals surface area contributed by atoms with Crippen LogP contribution in [0.1, 0.15) is 100 Å². The summed E-state index contributed by atoms with van der Waals surface area (Å²) in [4.78, 5) is 94.9. The second-order valence-electron chi connectivity index (χ2n) is 13.8. The van der Waals surface area contributed by atoms with E-state index >= 15 is 0 Å². The van der Waals surface area contributed by atoms with Crippen molar-refractivity contribution in [2.45, 2.75) is 108 Å². The molecule has 0 bridgehead atoms. The third-order valence-corrected chi connectivity index (χ3v) is 9.44. The number of Topliss-reactive ketones (excluding diaryl/α,β-unsaturated/α-hetero) is 2. The molecule has 3 rings (SSSR count). The van der Waals surface area contributed by atoms with Crippen LogP contribution in [0.4, 0.5) is 5.69 Å². The SMILES string of the molecule is C[C@@H](NC(=O)c1ccc(NNC(=O)CCCCC(=O)CCCCC[C@H](CC(=O)[C@H](Cc2cnc[nH]2)NC(=O)CN)C(=O)O)cc1)C(=O)N1CCC[C@H]1B(O)O. The van der Waals surface area contributed by atoms with Gasteiger partial charge in [-0.15, -0.1) is 0 Å². The highest BCUT2D eigenvalue weighted by atomic mass is 16.4. The van der Waals surface area contributed by atoms with Crippen molar-refractivity contribution < 1.29 is 48.7 Å². The fraction of sp³-hybridized carbons (Fsp3) is 0.556. The Kier molecular flexibility index (Phi) is 18.5. The third kappa shape index (κ3) is 15.3. The van der Waals surface area contributed by atoms with Gasteiger partial charge in [0.1, 0.15) is 11.8 Å². The number of likely N-dealkylation sites (tertiary alicyclic amines) is 1. The minimum Gasteiger partial charge on any atom is -0.481 e. The van der Waals surface area contributed by atoms with Crippen LogP contribution in [-0.4, -0.2) is 109 Å². The van der Waals surface area contributed by atoms with E-state index in [1.54, 1.807) is 12.1 Å². The Hall–Kier alpha value is -5.14. The number of hydrazine groups is 1. The number of aromatic nitrogens is 2. The Balaban J connectivity index is 1.27. The fourth-order valence-corrected chi connectivity index (χ4v) is 6.31. The summed E-state index contributed by atoms with van der Waals surface area (Å²) in [6.45, 7) is 1.61. The van der Waals surface area contributed by atoms with Crippen molar-refractivity contribution >= 4 is 54.0 Å². The molecule has 18 nitrogen and oxygen atoms in total. The number of aromatic amines is 1. The first-order valence-electron chi connectivity index (χ1n) is 18.6. The van der Waals surface area contributed by atoms with Gasteiger partial charge in [-0.2, -0.15) is 0 Å². The van der Waals surface area contributed by atoms with Crippen molar-refractivity contribution in [2.24, 2.45) is 11.7 Å². The van der Waals surface area contributed by atoms with Gasteiger partial charge in [-0.25, -0.2) is 4.98 Å². The van der Waals surface area contributed by atoms with E-state index in [-0.39, 0.29) is 43.9 Å². The molecule has 0 spiro atoms. The molecule has 1 aliphatic heterocycles. The zero-order valence-electron chi connectivity index (χ0n) is 31.1. The zero-order valence-corrected chi connectivity index (χ0v) is 31.1. The highest BCUT2D eigenvalue weighted by Gasteiger charge is 2.38. The molecule has 1 fully saturated rings. The lowest BCUT2D eigenvalue weighted by atomic mass is 9.78. The molecule has 1 saturated heterocycles. The van der Waals surface area contributed by atoms with Crippen molar-refractivity contribution in [2.75, 3.05) is 18.5 Å². The predicted octanol–water partition coefficient (Wildman–Crippen LogP) is 0.400. The summed E-state index contributed by atoms with van der Waals surface area (Å²) in [6.07, 6.45) is 7.76. The normalized spacial score (nSPS) is 15.3. The van der Waals surface area contributed by atoms with E-state index in [1.165, 1.54) is 36.5 Å². The van der Waals surface area contributed by atoms with E-state index in [4.69, 9.17) is 5.73 Å². The number of nitrogens with two attached hydrogens (primary N) is 1. The van der Waals surface area contributed by atoms with E-state index < -0.39 is 60.5 Å². The summed E-state index contributed by atoms with van der Waals surface area (Å²) >= 11 is 0. The molecule has 2 heterocycles. The number of carboxylic acids is 1. The number of H-pyrrole nitrogens is 1. The molecule has 1 aromatic heterocycles. The summed E-state index contributed by atoms with van der Waals surface area (Å²) < 4.78 is 0. The number of carbonyl (C=O) groups is 7. The van der Waals surface area contributed by atoms with Gasteiger partial charge in [-0.05, 0) is 69.7 Å².